The predicted molar refractivity (Wildman–Crippen MR) is 137 cm³/mol. The second-order valence-corrected chi connectivity index (χ2v) is 8.67. The molecule has 0 radical (unpaired) electrons. The molecule has 4 atom stereocenters. The maximum atomic E-state index is 14.1. The Bertz CT molecular complexity index is 1530. The number of rotatable bonds is 9. The van der Waals surface area contributed by atoms with Crippen molar-refractivity contribution in [2.75, 3.05) is 12.4 Å². The number of azide groups is 1. The quantitative estimate of drug-likeness (QED) is 0.167. The molecule has 4 aromatic rings. The van der Waals surface area contributed by atoms with Gasteiger partial charge in [0.15, 0.2) is 23.2 Å². The monoisotopic (exact) mass is 533 g/mol. The molecule has 2 aromatic carbocycles. The number of carbonyl (C=O) groups excluding carboxylic acids is 1. The number of hydrogen-bond donors (Lipinski definition) is 3. The van der Waals surface area contributed by atoms with Crippen LogP contribution in [-0.2, 0) is 22.7 Å². The van der Waals surface area contributed by atoms with Crippen LogP contribution in [0.1, 0.15) is 17.4 Å². The summed E-state index contributed by atoms with van der Waals surface area (Å²) in [5.74, 6) is -0.103. The maximum absolute atomic E-state index is 14.1. The number of nitrogens with one attached hydrogen (secondary N) is 2. The number of aliphatic hydroxyl groups excluding tert-OH is 1. The minimum atomic E-state index is -1.34. The van der Waals surface area contributed by atoms with Gasteiger partial charge in [-0.25, -0.2) is 19.3 Å². The molecule has 39 heavy (non-hydrogen) atoms. The van der Waals surface area contributed by atoms with E-state index in [2.05, 4.69) is 35.6 Å². The lowest BCUT2D eigenvalue weighted by atomic mass is 10.1. The average Bonchev–Trinajstić information content (AvgIpc) is 3.53. The van der Waals surface area contributed by atoms with Gasteiger partial charge in [-0.1, -0.05) is 35.4 Å². The Morgan fingerprint density at radius 3 is 2.85 bits per heavy atom. The SMILES string of the molecule is CNC(=O)[C@H]1O[C@@H](n2cnc3c(NCc4cc(F)ccc4OCc4ccccc4)ncnc32)[C@H](O)[C@@H]1N=[N+]=[N-]. The Morgan fingerprint density at radius 1 is 1.26 bits per heavy atom. The van der Waals surface area contributed by atoms with Gasteiger partial charge in [0.1, 0.15) is 42.8 Å². The molecule has 1 saturated heterocycles. The van der Waals surface area contributed by atoms with Crippen LogP contribution in [0.2, 0.25) is 0 Å². The first-order valence-electron chi connectivity index (χ1n) is 12.0. The molecule has 0 saturated carbocycles. The molecule has 0 aliphatic carbocycles. The van der Waals surface area contributed by atoms with Crippen molar-refractivity contribution < 1.29 is 23.8 Å². The van der Waals surface area contributed by atoms with E-state index in [0.29, 0.717) is 34.9 Å². The van der Waals surface area contributed by atoms with Crippen molar-refractivity contribution in [1.29, 1.82) is 0 Å². The minimum absolute atomic E-state index is 0.168. The van der Waals surface area contributed by atoms with E-state index in [9.17, 15) is 14.3 Å². The topological polar surface area (TPSA) is 172 Å². The van der Waals surface area contributed by atoms with E-state index in [-0.39, 0.29) is 6.54 Å². The number of ether oxygens (including phenoxy) is 2. The number of benzene rings is 2. The van der Waals surface area contributed by atoms with Crippen LogP contribution in [0.5, 0.6) is 5.75 Å². The summed E-state index contributed by atoms with van der Waals surface area (Å²) in [5, 5.41) is 19.9. The van der Waals surface area contributed by atoms with Crippen molar-refractivity contribution in [1.82, 2.24) is 24.8 Å². The number of halogens is 1. The van der Waals surface area contributed by atoms with Crippen LogP contribution < -0.4 is 15.4 Å². The fourth-order valence-corrected chi connectivity index (χ4v) is 4.35. The molecular formula is C25H24FN9O4. The zero-order valence-corrected chi connectivity index (χ0v) is 20.7. The van der Waals surface area contributed by atoms with E-state index in [1.165, 1.54) is 36.4 Å². The van der Waals surface area contributed by atoms with Gasteiger partial charge in [-0.3, -0.25) is 9.36 Å². The van der Waals surface area contributed by atoms with E-state index in [1.54, 1.807) is 6.07 Å². The van der Waals surface area contributed by atoms with Gasteiger partial charge in [0, 0.05) is 24.1 Å². The van der Waals surface area contributed by atoms with Crippen molar-refractivity contribution >= 4 is 22.9 Å². The Morgan fingerprint density at radius 2 is 2.08 bits per heavy atom. The first-order valence-corrected chi connectivity index (χ1v) is 12.0. The van der Waals surface area contributed by atoms with Crippen molar-refractivity contribution in [3.05, 3.63) is 88.6 Å². The highest BCUT2D eigenvalue weighted by atomic mass is 19.1. The van der Waals surface area contributed by atoms with Crippen LogP contribution >= 0.6 is 0 Å². The summed E-state index contributed by atoms with van der Waals surface area (Å²) in [6, 6.07) is 12.7. The van der Waals surface area contributed by atoms with Gasteiger partial charge in [0.25, 0.3) is 0 Å². The molecule has 200 valence electrons. The van der Waals surface area contributed by atoms with Gasteiger partial charge in [-0.05, 0) is 29.3 Å². The van der Waals surface area contributed by atoms with E-state index < -0.39 is 36.2 Å². The smallest absolute Gasteiger partial charge is 0.249 e. The number of fused-ring (bicyclic) bond motifs is 1. The molecule has 1 amide bonds. The summed E-state index contributed by atoms with van der Waals surface area (Å²) >= 11 is 0. The number of amides is 1. The lowest BCUT2D eigenvalue weighted by Gasteiger charge is -2.17. The first-order chi connectivity index (χ1) is 19.0. The molecule has 5 rings (SSSR count). The third-order valence-corrected chi connectivity index (χ3v) is 6.27. The number of anilines is 1. The van der Waals surface area contributed by atoms with Gasteiger partial charge in [-0.2, -0.15) is 0 Å². The summed E-state index contributed by atoms with van der Waals surface area (Å²) in [7, 11) is 1.41. The predicted octanol–water partition coefficient (Wildman–Crippen LogP) is 2.84. The molecule has 0 unspecified atom stereocenters. The highest BCUT2D eigenvalue weighted by Gasteiger charge is 2.48. The van der Waals surface area contributed by atoms with Crippen molar-refractivity contribution in [3.8, 4) is 5.75 Å². The number of nitrogens with zero attached hydrogens (tertiary/aromatic N) is 7. The van der Waals surface area contributed by atoms with E-state index in [4.69, 9.17) is 15.0 Å². The number of likely N-dealkylation sites (N-methyl/N-ethyl adjacent to an activating group) is 1. The molecule has 1 aliphatic rings. The minimum Gasteiger partial charge on any atom is -0.489 e. The number of imidazole rings is 1. The Labute approximate surface area is 221 Å². The van der Waals surface area contributed by atoms with E-state index in [0.717, 1.165) is 5.56 Å². The number of carbonyl (C=O) groups is 1. The second-order valence-electron chi connectivity index (χ2n) is 8.67. The largest absolute Gasteiger partial charge is 0.489 e. The molecule has 3 N–H and O–H groups in total. The van der Waals surface area contributed by atoms with Gasteiger partial charge < -0.3 is 25.2 Å². The van der Waals surface area contributed by atoms with Gasteiger partial charge in [0.05, 0.1) is 6.33 Å². The van der Waals surface area contributed by atoms with Crippen molar-refractivity contribution in [2.45, 2.75) is 37.6 Å². The zero-order chi connectivity index (χ0) is 27.4. The third kappa shape index (κ3) is 5.29. The Balaban J connectivity index is 1.37. The molecule has 1 aliphatic heterocycles. The molecule has 2 aromatic heterocycles. The molecule has 0 spiro atoms. The molecule has 14 heteroatoms. The molecule has 13 nitrogen and oxygen atoms in total. The van der Waals surface area contributed by atoms with Crippen LogP contribution in [0, 0.1) is 5.82 Å². The second kappa shape index (κ2) is 11.3. The number of aromatic nitrogens is 4. The fourth-order valence-electron chi connectivity index (χ4n) is 4.35. The Hall–Kier alpha value is -4.78. The summed E-state index contributed by atoms with van der Waals surface area (Å²) in [5.41, 5.74) is 11.1. The maximum Gasteiger partial charge on any atom is 0.249 e. The summed E-state index contributed by atoms with van der Waals surface area (Å²) in [4.78, 5) is 27.9. The summed E-state index contributed by atoms with van der Waals surface area (Å²) in [6.45, 7) is 0.486. The molecule has 3 heterocycles. The highest BCUT2D eigenvalue weighted by molar-refractivity contribution is 5.83. The van der Waals surface area contributed by atoms with Gasteiger partial charge in [-0.15, -0.1) is 0 Å². The van der Waals surface area contributed by atoms with Crippen molar-refractivity contribution in [3.63, 3.8) is 0 Å². The third-order valence-electron chi connectivity index (χ3n) is 6.27. The first kappa shape index (κ1) is 25.9. The summed E-state index contributed by atoms with van der Waals surface area (Å²) < 4.78 is 27.2. The lowest BCUT2D eigenvalue weighted by molar-refractivity contribution is -0.134. The van der Waals surface area contributed by atoms with E-state index >= 15 is 0 Å². The molecular weight excluding hydrogens is 509 g/mol. The van der Waals surface area contributed by atoms with Gasteiger partial charge >= 0.3 is 0 Å². The van der Waals surface area contributed by atoms with Crippen molar-refractivity contribution in [2.24, 2.45) is 5.11 Å². The molecule has 0 bridgehead atoms. The standard InChI is InChI=1S/C25H24FN9O4/c1-28-24(37)21-18(33-34-27)20(36)25(39-21)35-13-32-19-22(30-12-31-23(19)35)29-10-15-9-16(26)7-8-17(15)38-11-14-5-3-2-4-6-14/h2-9,12-13,18,20-21,25,36H,10-11H2,1H3,(H,28,37)(H,29,30,31)/t18-,20+,21-,25+/m0/s1. The number of aliphatic hydroxyl groups is 1. The summed E-state index contributed by atoms with van der Waals surface area (Å²) in [6.07, 6.45) is -0.969. The Kier molecular flexibility index (Phi) is 7.50. The van der Waals surface area contributed by atoms with Crippen LogP contribution in [-0.4, -0.2) is 55.8 Å². The highest BCUT2D eigenvalue weighted by Crippen LogP contribution is 2.34. The fraction of sp³-hybridized carbons (Fsp3) is 0.280. The zero-order valence-electron chi connectivity index (χ0n) is 20.7. The molecule has 1 fully saturated rings. The van der Waals surface area contributed by atoms with Crippen LogP contribution in [0.25, 0.3) is 21.6 Å². The van der Waals surface area contributed by atoms with Crippen LogP contribution in [0.4, 0.5) is 10.2 Å². The van der Waals surface area contributed by atoms with Gasteiger partial charge in [0.2, 0.25) is 5.91 Å². The van der Waals surface area contributed by atoms with E-state index in [1.807, 2.05) is 30.3 Å². The lowest BCUT2D eigenvalue weighted by Crippen LogP contribution is -2.40. The van der Waals surface area contributed by atoms with Crippen LogP contribution in [0.15, 0.2) is 66.3 Å². The average molecular weight is 534 g/mol. The normalized spacial score (nSPS) is 20.4. The van der Waals surface area contributed by atoms with Crippen LogP contribution in [0.3, 0.4) is 0 Å². The number of hydrogen-bond acceptors (Lipinski definition) is 9.